The van der Waals surface area contributed by atoms with E-state index in [1.165, 1.54) is 6.92 Å². The first-order valence-electron chi connectivity index (χ1n) is 5.58. The van der Waals surface area contributed by atoms with E-state index in [1.54, 1.807) is 4.90 Å². The third-order valence-corrected chi connectivity index (χ3v) is 4.38. The van der Waals surface area contributed by atoms with Crippen molar-refractivity contribution >= 4 is 10.1 Å². The molecule has 1 rings (SSSR count). The standard InChI is InChI=1S/C9H20N2O5S/c1-7(13)9(17(14,15)16)8-6-10-2-3-11(8)4-5-12/h7-10,12-13H,2-6H2,1H3,(H,14,15,16). The fraction of sp³-hybridized carbons (Fsp3) is 1.00. The molecule has 0 aliphatic carbocycles. The van der Waals surface area contributed by atoms with E-state index in [9.17, 15) is 18.1 Å². The second-order valence-electron chi connectivity index (χ2n) is 4.25. The molecule has 0 aromatic heterocycles. The van der Waals surface area contributed by atoms with Gasteiger partial charge in [0.05, 0.1) is 12.7 Å². The van der Waals surface area contributed by atoms with Crippen LogP contribution < -0.4 is 5.32 Å². The molecule has 1 aliphatic heterocycles. The van der Waals surface area contributed by atoms with E-state index in [-0.39, 0.29) is 6.61 Å². The summed E-state index contributed by atoms with van der Waals surface area (Å²) in [6, 6.07) is -0.536. The lowest BCUT2D eigenvalue weighted by atomic mass is 10.1. The first-order valence-corrected chi connectivity index (χ1v) is 7.08. The van der Waals surface area contributed by atoms with Gasteiger partial charge in [0.25, 0.3) is 10.1 Å². The summed E-state index contributed by atoms with van der Waals surface area (Å²) >= 11 is 0. The van der Waals surface area contributed by atoms with E-state index in [0.29, 0.717) is 26.2 Å². The Morgan fingerprint density at radius 3 is 2.65 bits per heavy atom. The van der Waals surface area contributed by atoms with E-state index in [0.717, 1.165) is 0 Å². The molecule has 0 spiro atoms. The highest BCUT2D eigenvalue weighted by Gasteiger charge is 2.40. The van der Waals surface area contributed by atoms with Crippen LogP contribution in [-0.4, -0.2) is 78.3 Å². The van der Waals surface area contributed by atoms with Gasteiger partial charge >= 0.3 is 0 Å². The van der Waals surface area contributed by atoms with E-state index in [4.69, 9.17) is 5.11 Å². The summed E-state index contributed by atoms with van der Waals surface area (Å²) in [6.45, 7) is 3.19. The Kier molecular flexibility index (Phi) is 5.29. The number of rotatable bonds is 5. The van der Waals surface area contributed by atoms with Gasteiger partial charge in [0.15, 0.2) is 0 Å². The number of β-amino-alcohol motifs (C(OH)–C–C–N with tert-alkyl or cyclic N) is 1. The van der Waals surface area contributed by atoms with Gasteiger partial charge in [0.1, 0.15) is 5.25 Å². The van der Waals surface area contributed by atoms with Gasteiger partial charge in [-0.05, 0) is 6.92 Å². The predicted octanol–water partition coefficient (Wildman–Crippen LogP) is -2.11. The van der Waals surface area contributed by atoms with Crippen molar-refractivity contribution in [1.82, 2.24) is 10.2 Å². The molecule has 0 amide bonds. The van der Waals surface area contributed by atoms with Crippen LogP contribution in [0.15, 0.2) is 0 Å². The molecule has 1 heterocycles. The number of nitrogens with one attached hydrogen (secondary N) is 1. The van der Waals surface area contributed by atoms with Gasteiger partial charge < -0.3 is 15.5 Å². The van der Waals surface area contributed by atoms with Crippen LogP contribution in [0.2, 0.25) is 0 Å². The Balaban J connectivity index is 2.90. The zero-order chi connectivity index (χ0) is 13.1. The first-order chi connectivity index (χ1) is 7.88. The fourth-order valence-corrected chi connectivity index (χ4v) is 3.43. The first kappa shape index (κ1) is 14.8. The zero-order valence-corrected chi connectivity index (χ0v) is 10.6. The lowest BCUT2D eigenvalue weighted by molar-refractivity contribution is 0.0815. The van der Waals surface area contributed by atoms with Crippen LogP contribution in [0.5, 0.6) is 0 Å². The molecule has 3 atom stereocenters. The van der Waals surface area contributed by atoms with Crippen molar-refractivity contribution in [3.8, 4) is 0 Å². The maximum atomic E-state index is 11.3. The van der Waals surface area contributed by atoms with Crippen LogP contribution in [0, 0.1) is 0 Å². The maximum Gasteiger partial charge on any atom is 0.271 e. The van der Waals surface area contributed by atoms with Gasteiger partial charge in [0.2, 0.25) is 0 Å². The molecule has 1 fully saturated rings. The molecule has 0 aromatic rings. The van der Waals surface area contributed by atoms with Gasteiger partial charge in [-0.2, -0.15) is 8.42 Å². The van der Waals surface area contributed by atoms with Gasteiger partial charge in [0, 0.05) is 32.2 Å². The number of hydrogen-bond donors (Lipinski definition) is 4. The molecule has 3 unspecified atom stereocenters. The summed E-state index contributed by atoms with van der Waals surface area (Å²) in [7, 11) is -4.33. The van der Waals surface area contributed by atoms with E-state index < -0.39 is 27.5 Å². The molecule has 0 bridgehead atoms. The van der Waals surface area contributed by atoms with E-state index in [1.807, 2.05) is 0 Å². The molecule has 4 N–H and O–H groups in total. The minimum absolute atomic E-state index is 0.0888. The Morgan fingerprint density at radius 1 is 1.53 bits per heavy atom. The molecule has 0 radical (unpaired) electrons. The van der Waals surface area contributed by atoms with Crippen molar-refractivity contribution in [3.63, 3.8) is 0 Å². The third-order valence-electron chi connectivity index (χ3n) is 2.98. The predicted molar refractivity (Wildman–Crippen MR) is 62.3 cm³/mol. The molecular formula is C9H20N2O5S. The van der Waals surface area contributed by atoms with Crippen molar-refractivity contribution in [2.45, 2.75) is 24.3 Å². The second-order valence-corrected chi connectivity index (χ2v) is 5.83. The van der Waals surface area contributed by atoms with E-state index >= 15 is 0 Å². The molecule has 102 valence electrons. The summed E-state index contributed by atoms with van der Waals surface area (Å²) in [5.74, 6) is 0. The topological polar surface area (TPSA) is 110 Å². The van der Waals surface area contributed by atoms with Crippen molar-refractivity contribution < 1.29 is 23.2 Å². The minimum Gasteiger partial charge on any atom is -0.395 e. The molecule has 8 heteroatoms. The van der Waals surface area contributed by atoms with Gasteiger partial charge in [-0.25, -0.2) is 0 Å². The highest BCUT2D eigenvalue weighted by Crippen LogP contribution is 2.17. The van der Waals surface area contributed by atoms with Crippen LogP contribution in [0.25, 0.3) is 0 Å². The Morgan fingerprint density at radius 2 is 2.18 bits per heavy atom. The molecule has 1 saturated heterocycles. The van der Waals surface area contributed by atoms with Crippen molar-refractivity contribution in [2.75, 3.05) is 32.8 Å². The molecule has 0 saturated carbocycles. The van der Waals surface area contributed by atoms with Crippen LogP contribution >= 0.6 is 0 Å². The lowest BCUT2D eigenvalue weighted by Gasteiger charge is -2.40. The number of aliphatic hydroxyl groups is 2. The zero-order valence-electron chi connectivity index (χ0n) is 9.78. The van der Waals surface area contributed by atoms with Crippen LogP contribution in [-0.2, 0) is 10.1 Å². The molecule has 7 nitrogen and oxygen atoms in total. The average molecular weight is 268 g/mol. The Bertz CT molecular complexity index is 330. The monoisotopic (exact) mass is 268 g/mol. The van der Waals surface area contributed by atoms with Gasteiger partial charge in [-0.15, -0.1) is 0 Å². The summed E-state index contributed by atoms with van der Waals surface area (Å²) < 4.78 is 31.8. The van der Waals surface area contributed by atoms with Crippen LogP contribution in [0.3, 0.4) is 0 Å². The number of aliphatic hydroxyl groups excluding tert-OH is 2. The van der Waals surface area contributed by atoms with Crippen molar-refractivity contribution in [1.29, 1.82) is 0 Å². The summed E-state index contributed by atoms with van der Waals surface area (Å²) in [6.07, 6.45) is -1.17. The number of piperazine rings is 1. The summed E-state index contributed by atoms with van der Waals surface area (Å²) in [5, 5.41) is 20.2. The van der Waals surface area contributed by atoms with E-state index in [2.05, 4.69) is 5.32 Å². The maximum absolute atomic E-state index is 11.3. The summed E-state index contributed by atoms with van der Waals surface area (Å²) in [4.78, 5) is 1.77. The number of hydrogen-bond acceptors (Lipinski definition) is 6. The summed E-state index contributed by atoms with van der Waals surface area (Å²) in [5.41, 5.74) is 0. The van der Waals surface area contributed by atoms with Crippen LogP contribution in [0.1, 0.15) is 6.92 Å². The van der Waals surface area contributed by atoms with Crippen LogP contribution in [0.4, 0.5) is 0 Å². The Labute approximate surface area is 101 Å². The molecule has 0 aromatic carbocycles. The molecule has 1 aliphatic rings. The highest BCUT2D eigenvalue weighted by atomic mass is 32.2. The van der Waals surface area contributed by atoms with Crippen molar-refractivity contribution in [2.24, 2.45) is 0 Å². The SMILES string of the molecule is CC(O)C(C1CNCCN1CCO)S(=O)(=O)O. The normalized spacial score (nSPS) is 26.7. The highest BCUT2D eigenvalue weighted by molar-refractivity contribution is 7.86. The smallest absolute Gasteiger partial charge is 0.271 e. The van der Waals surface area contributed by atoms with Crippen molar-refractivity contribution in [3.05, 3.63) is 0 Å². The Hall–Kier alpha value is -0.250. The second kappa shape index (κ2) is 6.07. The largest absolute Gasteiger partial charge is 0.395 e. The third kappa shape index (κ3) is 3.87. The molecular weight excluding hydrogens is 248 g/mol. The quantitative estimate of drug-likeness (QED) is 0.422. The average Bonchev–Trinajstić information content (AvgIpc) is 2.18. The number of nitrogens with zero attached hydrogens (tertiary/aromatic N) is 1. The fourth-order valence-electron chi connectivity index (χ4n) is 2.27. The lowest BCUT2D eigenvalue weighted by Crippen LogP contribution is -2.61. The minimum atomic E-state index is -4.33. The van der Waals surface area contributed by atoms with Gasteiger partial charge in [-0.3, -0.25) is 9.45 Å². The van der Waals surface area contributed by atoms with Gasteiger partial charge in [-0.1, -0.05) is 0 Å². The molecule has 17 heavy (non-hydrogen) atoms.